The van der Waals surface area contributed by atoms with Gasteiger partial charge in [-0.15, -0.1) is 0 Å². The van der Waals surface area contributed by atoms with Crippen molar-refractivity contribution in [1.29, 1.82) is 0 Å². The van der Waals surface area contributed by atoms with Crippen molar-refractivity contribution >= 4 is 5.69 Å². The first-order valence-electron chi connectivity index (χ1n) is 4.90. The molecule has 2 N–H and O–H groups in total. The molecule has 82 valence electrons. The third-order valence-corrected chi connectivity index (χ3v) is 2.42. The van der Waals surface area contributed by atoms with E-state index in [1.165, 1.54) is 12.1 Å². The second-order valence-corrected chi connectivity index (χ2v) is 3.46. The molecule has 0 spiro atoms. The summed E-state index contributed by atoms with van der Waals surface area (Å²) in [5.74, 6) is 0.471. The number of rotatable bonds is 2. The van der Waals surface area contributed by atoms with Gasteiger partial charge in [0.2, 0.25) is 0 Å². The molecule has 2 nitrogen and oxygen atoms in total. The van der Waals surface area contributed by atoms with E-state index in [9.17, 15) is 4.39 Å². The van der Waals surface area contributed by atoms with Crippen molar-refractivity contribution in [3.8, 4) is 16.9 Å². The van der Waals surface area contributed by atoms with Gasteiger partial charge >= 0.3 is 0 Å². The van der Waals surface area contributed by atoms with Crippen LogP contribution in [0.15, 0.2) is 42.5 Å². The Bertz CT molecular complexity index is 494. The van der Waals surface area contributed by atoms with Crippen molar-refractivity contribution in [2.45, 2.75) is 0 Å². The zero-order valence-corrected chi connectivity index (χ0v) is 8.91. The van der Waals surface area contributed by atoms with Gasteiger partial charge in [0.05, 0.1) is 7.11 Å². The average molecular weight is 217 g/mol. The lowest BCUT2D eigenvalue weighted by Gasteiger charge is -2.07. The highest BCUT2D eigenvalue weighted by Gasteiger charge is 2.04. The fourth-order valence-electron chi connectivity index (χ4n) is 1.55. The van der Waals surface area contributed by atoms with E-state index < -0.39 is 0 Å². The number of anilines is 1. The quantitative estimate of drug-likeness (QED) is 0.784. The van der Waals surface area contributed by atoms with E-state index in [0.717, 1.165) is 11.3 Å². The largest absolute Gasteiger partial charge is 0.497 e. The third kappa shape index (κ3) is 1.98. The molecule has 16 heavy (non-hydrogen) atoms. The highest BCUT2D eigenvalue weighted by Crippen LogP contribution is 2.27. The maximum Gasteiger partial charge on any atom is 0.123 e. The van der Waals surface area contributed by atoms with Crippen molar-refractivity contribution in [2.75, 3.05) is 12.8 Å². The Hall–Kier alpha value is -2.03. The molecule has 0 saturated carbocycles. The van der Waals surface area contributed by atoms with Crippen LogP contribution in [-0.2, 0) is 0 Å². The van der Waals surface area contributed by atoms with E-state index in [1.54, 1.807) is 13.2 Å². The minimum Gasteiger partial charge on any atom is -0.497 e. The fraction of sp³-hybridized carbons (Fsp3) is 0.0769. The molecule has 0 bridgehead atoms. The molecule has 2 aromatic rings. The van der Waals surface area contributed by atoms with Gasteiger partial charge in [0, 0.05) is 11.3 Å². The summed E-state index contributed by atoms with van der Waals surface area (Å²) in [5, 5.41) is 0. The van der Waals surface area contributed by atoms with E-state index in [2.05, 4.69) is 0 Å². The van der Waals surface area contributed by atoms with E-state index in [-0.39, 0.29) is 5.82 Å². The van der Waals surface area contributed by atoms with Crippen LogP contribution in [0.4, 0.5) is 10.1 Å². The van der Waals surface area contributed by atoms with Crippen LogP contribution in [0.5, 0.6) is 5.75 Å². The van der Waals surface area contributed by atoms with Crippen molar-refractivity contribution < 1.29 is 9.13 Å². The lowest BCUT2D eigenvalue weighted by atomic mass is 10.0. The number of ether oxygens (including phenoxy) is 1. The zero-order valence-electron chi connectivity index (χ0n) is 8.91. The second-order valence-electron chi connectivity index (χ2n) is 3.46. The Morgan fingerprint density at radius 1 is 1.06 bits per heavy atom. The van der Waals surface area contributed by atoms with Gasteiger partial charge in [-0.1, -0.05) is 12.1 Å². The molecule has 0 aliphatic rings. The molecular formula is C13H12FNO. The van der Waals surface area contributed by atoms with E-state index in [0.29, 0.717) is 11.3 Å². The molecule has 0 aliphatic heterocycles. The van der Waals surface area contributed by atoms with Crippen molar-refractivity contribution in [3.63, 3.8) is 0 Å². The number of hydrogen-bond acceptors (Lipinski definition) is 2. The van der Waals surface area contributed by atoms with Gasteiger partial charge in [-0.3, -0.25) is 0 Å². The van der Waals surface area contributed by atoms with Crippen molar-refractivity contribution in [1.82, 2.24) is 0 Å². The summed E-state index contributed by atoms with van der Waals surface area (Å²) >= 11 is 0. The van der Waals surface area contributed by atoms with Gasteiger partial charge in [-0.2, -0.15) is 0 Å². The number of nitrogens with two attached hydrogens (primary N) is 1. The fourth-order valence-corrected chi connectivity index (χ4v) is 1.55. The molecule has 3 heteroatoms. The Morgan fingerprint density at radius 3 is 2.38 bits per heavy atom. The van der Waals surface area contributed by atoms with Crippen LogP contribution in [0, 0.1) is 5.82 Å². The topological polar surface area (TPSA) is 35.2 Å². The first-order valence-corrected chi connectivity index (χ1v) is 4.90. The van der Waals surface area contributed by atoms with Crippen LogP contribution < -0.4 is 10.5 Å². The van der Waals surface area contributed by atoms with Gasteiger partial charge < -0.3 is 10.5 Å². The van der Waals surface area contributed by atoms with Gasteiger partial charge in [0.25, 0.3) is 0 Å². The Morgan fingerprint density at radius 2 is 1.75 bits per heavy atom. The van der Waals surface area contributed by atoms with Gasteiger partial charge in [0.1, 0.15) is 11.6 Å². The standard InChI is InChI=1S/C13H12FNO/c1-16-11-5-2-9(3-6-11)12-8-10(14)4-7-13(12)15/h2-8H,15H2,1H3. The lowest BCUT2D eigenvalue weighted by molar-refractivity contribution is 0.415. The highest BCUT2D eigenvalue weighted by molar-refractivity contribution is 5.76. The molecule has 0 fully saturated rings. The SMILES string of the molecule is COc1ccc(-c2cc(F)ccc2N)cc1. The van der Waals surface area contributed by atoms with E-state index in [1.807, 2.05) is 24.3 Å². The van der Waals surface area contributed by atoms with Crippen LogP contribution in [0.3, 0.4) is 0 Å². The molecule has 0 saturated heterocycles. The maximum atomic E-state index is 13.1. The minimum absolute atomic E-state index is 0.292. The van der Waals surface area contributed by atoms with Crippen LogP contribution in [0.1, 0.15) is 0 Å². The molecule has 0 aromatic heterocycles. The number of benzene rings is 2. The first-order chi connectivity index (χ1) is 7.70. The number of methoxy groups -OCH3 is 1. The summed E-state index contributed by atoms with van der Waals surface area (Å²) < 4.78 is 18.2. The van der Waals surface area contributed by atoms with E-state index >= 15 is 0 Å². The average Bonchev–Trinajstić information content (AvgIpc) is 2.32. The van der Waals surface area contributed by atoms with Gasteiger partial charge in [0.15, 0.2) is 0 Å². The predicted molar refractivity (Wildman–Crippen MR) is 62.8 cm³/mol. The van der Waals surface area contributed by atoms with Crippen molar-refractivity contribution in [2.24, 2.45) is 0 Å². The molecule has 0 radical (unpaired) electrons. The number of hydrogen-bond donors (Lipinski definition) is 1. The molecule has 0 heterocycles. The predicted octanol–water partition coefficient (Wildman–Crippen LogP) is 3.08. The number of halogens is 1. The molecule has 2 rings (SSSR count). The Labute approximate surface area is 93.5 Å². The first kappa shape index (κ1) is 10.5. The minimum atomic E-state index is -0.292. The molecule has 0 amide bonds. The van der Waals surface area contributed by atoms with Crippen molar-refractivity contribution in [3.05, 3.63) is 48.3 Å². The Balaban J connectivity index is 2.45. The van der Waals surface area contributed by atoms with Crippen LogP contribution in [0.25, 0.3) is 11.1 Å². The summed E-state index contributed by atoms with van der Waals surface area (Å²) in [7, 11) is 1.60. The second kappa shape index (κ2) is 4.23. The van der Waals surface area contributed by atoms with Crippen LogP contribution >= 0.6 is 0 Å². The van der Waals surface area contributed by atoms with Gasteiger partial charge in [-0.25, -0.2) is 4.39 Å². The normalized spacial score (nSPS) is 10.1. The smallest absolute Gasteiger partial charge is 0.123 e. The molecule has 2 aromatic carbocycles. The van der Waals surface area contributed by atoms with Crippen LogP contribution in [-0.4, -0.2) is 7.11 Å². The van der Waals surface area contributed by atoms with E-state index in [4.69, 9.17) is 10.5 Å². The van der Waals surface area contributed by atoms with Crippen LogP contribution in [0.2, 0.25) is 0 Å². The summed E-state index contributed by atoms with van der Waals surface area (Å²) in [6, 6.07) is 11.7. The molecule has 0 atom stereocenters. The Kier molecular flexibility index (Phi) is 2.77. The number of nitrogen functional groups attached to an aromatic ring is 1. The molecular weight excluding hydrogens is 205 g/mol. The summed E-state index contributed by atoms with van der Waals surface area (Å²) in [6.45, 7) is 0. The summed E-state index contributed by atoms with van der Waals surface area (Å²) in [6.07, 6.45) is 0. The molecule has 0 unspecified atom stereocenters. The lowest BCUT2D eigenvalue weighted by Crippen LogP contribution is -1.91. The zero-order chi connectivity index (χ0) is 11.5. The third-order valence-electron chi connectivity index (χ3n) is 2.42. The highest BCUT2D eigenvalue weighted by atomic mass is 19.1. The monoisotopic (exact) mass is 217 g/mol. The van der Waals surface area contributed by atoms with Gasteiger partial charge in [-0.05, 0) is 35.9 Å². The summed E-state index contributed by atoms with van der Waals surface area (Å²) in [5.41, 5.74) is 7.93. The molecule has 0 aliphatic carbocycles. The maximum absolute atomic E-state index is 13.1. The summed E-state index contributed by atoms with van der Waals surface area (Å²) in [4.78, 5) is 0.